The van der Waals surface area contributed by atoms with Gasteiger partial charge < -0.3 is 15.4 Å². The number of likely N-dealkylation sites (tertiary alicyclic amines) is 1. The van der Waals surface area contributed by atoms with Gasteiger partial charge in [-0.2, -0.15) is 0 Å². The van der Waals surface area contributed by atoms with Crippen molar-refractivity contribution in [3.05, 3.63) is 24.5 Å². The largest absolute Gasteiger partial charge is 0.490 e. The van der Waals surface area contributed by atoms with E-state index < -0.39 is 0 Å². The Morgan fingerprint density at radius 2 is 1.73 bits per heavy atom. The van der Waals surface area contributed by atoms with Crippen LogP contribution in [0.4, 0.5) is 0 Å². The van der Waals surface area contributed by atoms with Gasteiger partial charge in [0.05, 0.1) is 0 Å². The molecule has 2 aliphatic rings. The maximum absolute atomic E-state index is 6.03. The van der Waals surface area contributed by atoms with Gasteiger partial charge >= 0.3 is 0 Å². The summed E-state index contributed by atoms with van der Waals surface area (Å²) in [6.07, 6.45) is 12.7. The van der Waals surface area contributed by atoms with Gasteiger partial charge in [-0.15, -0.1) is 0 Å². The van der Waals surface area contributed by atoms with E-state index in [2.05, 4.69) is 9.88 Å². The first-order valence-electron chi connectivity index (χ1n) is 8.84. The summed E-state index contributed by atoms with van der Waals surface area (Å²) in [7, 11) is 0. The highest BCUT2D eigenvalue weighted by Crippen LogP contribution is 2.26. The molecule has 3 rings (SSSR count). The number of hydrogen-bond donors (Lipinski definition) is 1. The quantitative estimate of drug-likeness (QED) is 0.909. The van der Waals surface area contributed by atoms with Gasteiger partial charge in [0.25, 0.3) is 0 Å². The van der Waals surface area contributed by atoms with Crippen LogP contribution in [0.25, 0.3) is 0 Å². The molecule has 4 nitrogen and oxygen atoms in total. The molecule has 2 heterocycles. The van der Waals surface area contributed by atoms with Crippen molar-refractivity contribution in [2.75, 3.05) is 19.6 Å². The minimum absolute atomic E-state index is 0.367. The van der Waals surface area contributed by atoms with Gasteiger partial charge in [-0.25, -0.2) is 0 Å². The molecule has 0 unspecified atom stereocenters. The molecule has 0 atom stereocenters. The van der Waals surface area contributed by atoms with Crippen molar-refractivity contribution >= 4 is 0 Å². The van der Waals surface area contributed by atoms with Crippen molar-refractivity contribution < 1.29 is 4.74 Å². The molecular weight excluding hydrogens is 274 g/mol. The fourth-order valence-electron chi connectivity index (χ4n) is 3.70. The molecule has 2 N–H and O–H groups in total. The smallest absolute Gasteiger partial charge is 0.122 e. The van der Waals surface area contributed by atoms with Crippen molar-refractivity contribution in [2.45, 2.75) is 57.1 Å². The molecule has 1 aromatic rings. The first-order valence-corrected chi connectivity index (χ1v) is 8.84. The van der Waals surface area contributed by atoms with Crippen molar-refractivity contribution in [3.63, 3.8) is 0 Å². The maximum Gasteiger partial charge on any atom is 0.122 e. The highest BCUT2D eigenvalue weighted by molar-refractivity contribution is 5.17. The summed E-state index contributed by atoms with van der Waals surface area (Å²) < 4.78 is 6.03. The normalized spacial score (nSPS) is 27.7. The van der Waals surface area contributed by atoms with Crippen LogP contribution in [0.15, 0.2) is 24.5 Å². The maximum atomic E-state index is 6.03. The highest BCUT2D eigenvalue weighted by Gasteiger charge is 2.23. The average Bonchev–Trinajstić information content (AvgIpc) is 2.57. The first kappa shape index (κ1) is 15.8. The number of ether oxygens (including phenoxy) is 1. The molecule has 0 aromatic carbocycles. The second-order valence-corrected chi connectivity index (χ2v) is 6.91. The van der Waals surface area contributed by atoms with Crippen LogP contribution >= 0.6 is 0 Å². The van der Waals surface area contributed by atoms with E-state index in [0.29, 0.717) is 12.1 Å². The minimum atomic E-state index is 0.367. The second kappa shape index (κ2) is 7.93. The molecule has 4 heteroatoms. The predicted octanol–water partition coefficient (Wildman–Crippen LogP) is 2.83. The molecule has 0 bridgehead atoms. The monoisotopic (exact) mass is 303 g/mol. The highest BCUT2D eigenvalue weighted by atomic mass is 16.5. The first-order chi connectivity index (χ1) is 10.8. The SMILES string of the molecule is NC1CCC(CCN2CCC(Oc3ccncc3)CC2)CC1. The molecule has 2 fully saturated rings. The number of nitrogens with two attached hydrogens (primary N) is 1. The van der Waals surface area contributed by atoms with E-state index in [1.54, 1.807) is 12.4 Å². The van der Waals surface area contributed by atoms with E-state index in [4.69, 9.17) is 10.5 Å². The lowest BCUT2D eigenvalue weighted by atomic mass is 9.84. The third-order valence-corrected chi connectivity index (χ3v) is 5.23. The van der Waals surface area contributed by atoms with Crippen LogP contribution in [0, 0.1) is 5.92 Å². The van der Waals surface area contributed by atoms with Crippen LogP contribution in [0.3, 0.4) is 0 Å². The van der Waals surface area contributed by atoms with Gasteiger partial charge in [0.2, 0.25) is 0 Å². The van der Waals surface area contributed by atoms with E-state index in [9.17, 15) is 0 Å². The molecule has 1 saturated carbocycles. The van der Waals surface area contributed by atoms with Gasteiger partial charge in [-0.3, -0.25) is 4.98 Å². The fraction of sp³-hybridized carbons (Fsp3) is 0.722. The molecule has 1 aliphatic carbocycles. The Balaban J connectivity index is 1.33. The Morgan fingerprint density at radius 3 is 2.41 bits per heavy atom. The Labute approximate surface area is 134 Å². The number of pyridine rings is 1. The molecule has 0 amide bonds. The van der Waals surface area contributed by atoms with E-state index in [-0.39, 0.29) is 0 Å². The van der Waals surface area contributed by atoms with E-state index in [0.717, 1.165) is 24.5 Å². The summed E-state index contributed by atoms with van der Waals surface area (Å²) in [4.78, 5) is 6.64. The minimum Gasteiger partial charge on any atom is -0.490 e. The van der Waals surface area contributed by atoms with E-state index in [1.807, 2.05) is 12.1 Å². The molecule has 0 spiro atoms. The van der Waals surface area contributed by atoms with Crippen molar-refractivity contribution in [2.24, 2.45) is 11.7 Å². The van der Waals surface area contributed by atoms with Gasteiger partial charge in [0, 0.05) is 31.5 Å². The van der Waals surface area contributed by atoms with Gasteiger partial charge in [-0.05, 0) is 69.5 Å². The van der Waals surface area contributed by atoms with E-state index >= 15 is 0 Å². The van der Waals surface area contributed by atoms with Crippen LogP contribution in [-0.4, -0.2) is 41.7 Å². The topological polar surface area (TPSA) is 51.4 Å². The molecule has 1 saturated heterocycles. The summed E-state index contributed by atoms with van der Waals surface area (Å²) in [5.74, 6) is 1.86. The van der Waals surface area contributed by atoms with Crippen LogP contribution in [0.5, 0.6) is 5.75 Å². The van der Waals surface area contributed by atoms with Gasteiger partial charge in [0.1, 0.15) is 11.9 Å². The van der Waals surface area contributed by atoms with Crippen molar-refractivity contribution in [3.8, 4) is 5.75 Å². The Kier molecular flexibility index (Phi) is 5.68. The zero-order valence-electron chi connectivity index (χ0n) is 13.5. The number of nitrogens with zero attached hydrogens (tertiary/aromatic N) is 2. The number of aromatic nitrogens is 1. The molecular formula is C18H29N3O. The Morgan fingerprint density at radius 1 is 1.05 bits per heavy atom. The van der Waals surface area contributed by atoms with Crippen LogP contribution < -0.4 is 10.5 Å². The zero-order chi connectivity index (χ0) is 15.2. The second-order valence-electron chi connectivity index (χ2n) is 6.91. The molecule has 1 aliphatic heterocycles. The summed E-state index contributed by atoms with van der Waals surface area (Å²) in [5, 5.41) is 0. The fourth-order valence-corrected chi connectivity index (χ4v) is 3.70. The van der Waals surface area contributed by atoms with Crippen LogP contribution in [0.1, 0.15) is 44.9 Å². The summed E-state index contributed by atoms with van der Waals surface area (Å²) in [6, 6.07) is 4.36. The third kappa shape index (κ3) is 4.68. The number of hydrogen-bond acceptors (Lipinski definition) is 4. The predicted molar refractivity (Wildman–Crippen MR) is 88.9 cm³/mol. The Hall–Kier alpha value is -1.13. The molecule has 1 aromatic heterocycles. The summed E-state index contributed by atoms with van der Waals surface area (Å²) >= 11 is 0. The molecule has 22 heavy (non-hydrogen) atoms. The lowest BCUT2D eigenvalue weighted by Gasteiger charge is -2.34. The standard InChI is InChI=1S/C18H29N3O/c19-16-3-1-15(2-4-16)7-12-21-13-8-18(9-14-21)22-17-5-10-20-11-6-17/h5-6,10-11,15-16,18H,1-4,7-9,12-14,19H2. The number of rotatable bonds is 5. The van der Waals surface area contributed by atoms with Gasteiger partial charge in [0.15, 0.2) is 0 Å². The zero-order valence-corrected chi connectivity index (χ0v) is 13.5. The average molecular weight is 303 g/mol. The molecule has 122 valence electrons. The molecule has 0 radical (unpaired) electrons. The lowest BCUT2D eigenvalue weighted by molar-refractivity contribution is 0.0952. The van der Waals surface area contributed by atoms with Crippen LogP contribution in [0.2, 0.25) is 0 Å². The Bertz CT molecular complexity index is 423. The van der Waals surface area contributed by atoms with Gasteiger partial charge in [-0.1, -0.05) is 0 Å². The van der Waals surface area contributed by atoms with Crippen molar-refractivity contribution in [1.82, 2.24) is 9.88 Å². The van der Waals surface area contributed by atoms with Crippen LogP contribution in [-0.2, 0) is 0 Å². The lowest BCUT2D eigenvalue weighted by Crippen LogP contribution is -2.39. The summed E-state index contributed by atoms with van der Waals surface area (Å²) in [5.41, 5.74) is 5.99. The van der Waals surface area contributed by atoms with E-state index in [1.165, 1.54) is 51.7 Å². The van der Waals surface area contributed by atoms with Crippen molar-refractivity contribution in [1.29, 1.82) is 0 Å². The summed E-state index contributed by atoms with van der Waals surface area (Å²) in [6.45, 7) is 3.59. The number of piperidine rings is 1. The third-order valence-electron chi connectivity index (χ3n) is 5.23.